The van der Waals surface area contributed by atoms with Crippen LogP contribution in [0.3, 0.4) is 0 Å². The third kappa shape index (κ3) is 2.84. The zero-order valence-corrected chi connectivity index (χ0v) is 11.3. The minimum atomic E-state index is -1.42. The number of carbonyl (C=O) groups is 1. The molecular weight excluding hydrogens is 311 g/mol. The molecule has 2 aromatic carbocycles. The van der Waals surface area contributed by atoms with E-state index < -0.39 is 28.9 Å². The summed E-state index contributed by atoms with van der Waals surface area (Å²) >= 11 is 11.7. The third-order valence-corrected chi connectivity index (χ3v) is 3.32. The number of rotatable bonds is 3. The number of anilines is 2. The Kier molecular flexibility index (Phi) is 4.11. The maximum Gasteiger partial charge on any atom is 0.335 e. The Balaban J connectivity index is 2.44. The first kappa shape index (κ1) is 14.6. The van der Waals surface area contributed by atoms with Gasteiger partial charge < -0.3 is 10.4 Å². The molecule has 0 heterocycles. The molecule has 104 valence electrons. The third-order valence-electron chi connectivity index (χ3n) is 2.50. The molecule has 2 N–H and O–H groups in total. The van der Waals surface area contributed by atoms with E-state index in [4.69, 9.17) is 28.3 Å². The number of halogens is 4. The first-order valence-corrected chi connectivity index (χ1v) is 6.09. The van der Waals surface area contributed by atoms with E-state index in [0.717, 1.165) is 0 Å². The molecule has 0 atom stereocenters. The highest BCUT2D eigenvalue weighted by molar-refractivity contribution is 6.43. The van der Waals surface area contributed by atoms with Gasteiger partial charge in [0.25, 0.3) is 0 Å². The van der Waals surface area contributed by atoms with Gasteiger partial charge in [0, 0.05) is 0 Å². The zero-order chi connectivity index (χ0) is 14.9. The molecule has 0 bridgehead atoms. The molecule has 0 amide bonds. The first-order chi connectivity index (χ1) is 9.40. The van der Waals surface area contributed by atoms with Crippen molar-refractivity contribution in [2.75, 3.05) is 5.32 Å². The number of benzene rings is 2. The standard InChI is InChI=1S/C13H7Cl2F2NO2/c14-7-2-1-3-10(11(7)15)18-12-8(16)4-6(13(19)20)5-9(12)17/h1-5,18H,(H,19,20). The summed E-state index contributed by atoms with van der Waals surface area (Å²) in [7, 11) is 0. The fourth-order valence-corrected chi connectivity index (χ4v) is 1.90. The molecule has 7 heteroatoms. The van der Waals surface area contributed by atoms with Gasteiger partial charge in [-0.2, -0.15) is 0 Å². The average Bonchev–Trinajstić information content (AvgIpc) is 2.38. The Morgan fingerprint density at radius 2 is 1.75 bits per heavy atom. The molecule has 0 aliphatic carbocycles. The smallest absolute Gasteiger partial charge is 0.335 e. The number of hydrogen-bond donors (Lipinski definition) is 2. The molecule has 0 spiro atoms. The highest BCUT2D eigenvalue weighted by Crippen LogP contribution is 2.33. The van der Waals surface area contributed by atoms with Crippen LogP contribution in [0.1, 0.15) is 10.4 Å². The second-order valence-electron chi connectivity index (χ2n) is 3.85. The van der Waals surface area contributed by atoms with Gasteiger partial charge in [-0.1, -0.05) is 29.3 Å². The SMILES string of the molecule is O=C(O)c1cc(F)c(Nc2cccc(Cl)c2Cl)c(F)c1. The van der Waals surface area contributed by atoms with Crippen LogP contribution in [0.15, 0.2) is 30.3 Å². The summed E-state index contributed by atoms with van der Waals surface area (Å²) in [6.45, 7) is 0. The molecular formula is C13H7Cl2F2NO2. The van der Waals surface area contributed by atoms with Crippen molar-refractivity contribution in [3.05, 3.63) is 57.6 Å². The second kappa shape index (κ2) is 5.64. The Labute approximate surface area is 122 Å². The van der Waals surface area contributed by atoms with E-state index in [1.54, 1.807) is 6.07 Å². The van der Waals surface area contributed by atoms with Crippen molar-refractivity contribution in [3.8, 4) is 0 Å². The van der Waals surface area contributed by atoms with E-state index in [0.29, 0.717) is 12.1 Å². The van der Waals surface area contributed by atoms with Crippen LogP contribution in [0.2, 0.25) is 10.0 Å². The van der Waals surface area contributed by atoms with Crippen LogP contribution in [-0.2, 0) is 0 Å². The quantitative estimate of drug-likeness (QED) is 0.861. The van der Waals surface area contributed by atoms with Crippen LogP contribution in [0, 0.1) is 11.6 Å². The van der Waals surface area contributed by atoms with Crippen molar-refractivity contribution in [1.82, 2.24) is 0 Å². The molecule has 20 heavy (non-hydrogen) atoms. The van der Waals surface area contributed by atoms with Crippen molar-refractivity contribution in [3.63, 3.8) is 0 Å². The van der Waals surface area contributed by atoms with Gasteiger partial charge >= 0.3 is 5.97 Å². The second-order valence-corrected chi connectivity index (χ2v) is 4.63. The fraction of sp³-hybridized carbons (Fsp3) is 0. The number of carboxylic acids is 1. The molecule has 0 fully saturated rings. The summed E-state index contributed by atoms with van der Waals surface area (Å²) < 4.78 is 27.5. The summed E-state index contributed by atoms with van der Waals surface area (Å²) in [4.78, 5) is 10.7. The van der Waals surface area contributed by atoms with E-state index in [1.165, 1.54) is 12.1 Å². The van der Waals surface area contributed by atoms with E-state index in [-0.39, 0.29) is 15.7 Å². The molecule has 0 aliphatic heterocycles. The maximum atomic E-state index is 13.7. The molecule has 2 rings (SSSR count). The Bertz CT molecular complexity index is 669. The predicted molar refractivity (Wildman–Crippen MR) is 73.1 cm³/mol. The molecule has 0 aromatic heterocycles. The van der Waals surface area contributed by atoms with Crippen LogP contribution in [-0.4, -0.2) is 11.1 Å². The lowest BCUT2D eigenvalue weighted by Crippen LogP contribution is -2.03. The lowest BCUT2D eigenvalue weighted by Gasteiger charge is -2.11. The van der Waals surface area contributed by atoms with Gasteiger partial charge in [0.2, 0.25) is 0 Å². The summed E-state index contributed by atoms with van der Waals surface area (Å²) in [6.07, 6.45) is 0. The molecule has 0 aliphatic rings. The Hall–Kier alpha value is -1.85. The number of hydrogen-bond acceptors (Lipinski definition) is 2. The van der Waals surface area contributed by atoms with Gasteiger partial charge in [-0.3, -0.25) is 0 Å². The van der Waals surface area contributed by atoms with Crippen LogP contribution in [0.4, 0.5) is 20.2 Å². The lowest BCUT2D eigenvalue weighted by atomic mass is 10.1. The zero-order valence-electron chi connectivity index (χ0n) is 9.75. The van der Waals surface area contributed by atoms with Crippen LogP contribution in [0.5, 0.6) is 0 Å². The van der Waals surface area contributed by atoms with Crippen LogP contribution in [0.25, 0.3) is 0 Å². The van der Waals surface area contributed by atoms with Crippen molar-refractivity contribution >= 4 is 40.5 Å². The molecule has 2 aromatic rings. The van der Waals surface area contributed by atoms with E-state index in [1.807, 2.05) is 0 Å². The normalized spacial score (nSPS) is 10.4. The summed E-state index contributed by atoms with van der Waals surface area (Å²) in [5.41, 5.74) is -0.776. The minimum absolute atomic E-state index is 0.107. The van der Waals surface area contributed by atoms with Gasteiger partial charge in [0.05, 0.1) is 21.3 Å². The lowest BCUT2D eigenvalue weighted by molar-refractivity contribution is 0.0696. The van der Waals surface area contributed by atoms with Gasteiger partial charge in [-0.25, -0.2) is 13.6 Å². The van der Waals surface area contributed by atoms with Gasteiger partial charge in [0.15, 0.2) is 11.6 Å². The van der Waals surface area contributed by atoms with Crippen molar-refractivity contribution in [2.45, 2.75) is 0 Å². The monoisotopic (exact) mass is 317 g/mol. The fourth-order valence-electron chi connectivity index (χ4n) is 1.55. The highest BCUT2D eigenvalue weighted by atomic mass is 35.5. The predicted octanol–water partition coefficient (Wildman–Crippen LogP) is 4.71. The molecule has 0 saturated heterocycles. The van der Waals surface area contributed by atoms with Gasteiger partial charge in [0.1, 0.15) is 5.69 Å². The van der Waals surface area contributed by atoms with E-state index >= 15 is 0 Å². The molecule has 0 radical (unpaired) electrons. The maximum absolute atomic E-state index is 13.7. The molecule has 0 unspecified atom stereocenters. The molecule has 0 saturated carbocycles. The van der Waals surface area contributed by atoms with Crippen LogP contribution >= 0.6 is 23.2 Å². The van der Waals surface area contributed by atoms with Crippen molar-refractivity contribution < 1.29 is 18.7 Å². The number of aromatic carboxylic acids is 1. The van der Waals surface area contributed by atoms with Crippen LogP contribution < -0.4 is 5.32 Å². The summed E-state index contributed by atoms with van der Waals surface area (Å²) in [5.74, 6) is -3.51. The Morgan fingerprint density at radius 1 is 1.15 bits per heavy atom. The molecule has 3 nitrogen and oxygen atoms in total. The van der Waals surface area contributed by atoms with E-state index in [9.17, 15) is 13.6 Å². The van der Waals surface area contributed by atoms with Gasteiger partial charge in [-0.05, 0) is 24.3 Å². The first-order valence-electron chi connectivity index (χ1n) is 5.33. The average molecular weight is 318 g/mol. The van der Waals surface area contributed by atoms with Gasteiger partial charge in [-0.15, -0.1) is 0 Å². The minimum Gasteiger partial charge on any atom is -0.478 e. The highest BCUT2D eigenvalue weighted by Gasteiger charge is 2.16. The largest absolute Gasteiger partial charge is 0.478 e. The Morgan fingerprint density at radius 3 is 2.30 bits per heavy atom. The van der Waals surface area contributed by atoms with Crippen molar-refractivity contribution in [2.24, 2.45) is 0 Å². The summed E-state index contributed by atoms with van der Waals surface area (Å²) in [5, 5.41) is 11.5. The number of carboxylic acid groups (broad SMARTS) is 1. The number of nitrogens with one attached hydrogen (secondary N) is 1. The van der Waals surface area contributed by atoms with Crippen molar-refractivity contribution in [1.29, 1.82) is 0 Å². The topological polar surface area (TPSA) is 49.3 Å². The van der Waals surface area contributed by atoms with E-state index in [2.05, 4.69) is 5.32 Å². The summed E-state index contributed by atoms with van der Waals surface area (Å²) in [6, 6.07) is 5.99.